The number of hydrogen-bond donors (Lipinski definition) is 0. The molecule has 22 heavy (non-hydrogen) atoms. The van der Waals surface area contributed by atoms with Gasteiger partial charge in [0.15, 0.2) is 0 Å². The van der Waals surface area contributed by atoms with E-state index < -0.39 is 5.97 Å². The topological polar surface area (TPSA) is 51.0 Å². The summed E-state index contributed by atoms with van der Waals surface area (Å²) >= 11 is 0. The molecule has 0 spiro atoms. The third kappa shape index (κ3) is 4.79. The normalized spacial score (nSPS) is 11.0. The van der Waals surface area contributed by atoms with Crippen molar-refractivity contribution in [1.29, 1.82) is 0 Å². The molecule has 5 heteroatoms. The second kappa shape index (κ2) is 7.64. The van der Waals surface area contributed by atoms with Crippen LogP contribution in [0.1, 0.15) is 11.1 Å². The second-order valence-corrected chi connectivity index (χ2v) is 4.23. The van der Waals surface area contributed by atoms with Crippen LogP contribution in [-0.2, 0) is 4.79 Å². The van der Waals surface area contributed by atoms with E-state index in [-0.39, 0.29) is 5.82 Å². The van der Waals surface area contributed by atoms with Crippen molar-refractivity contribution >= 4 is 18.4 Å². The van der Waals surface area contributed by atoms with E-state index in [2.05, 4.69) is 16.8 Å². The Bertz CT molecular complexity index is 704. The van der Waals surface area contributed by atoms with Crippen LogP contribution in [-0.4, -0.2) is 18.4 Å². The molecule has 0 aliphatic carbocycles. The molecule has 0 aliphatic rings. The summed E-state index contributed by atoms with van der Waals surface area (Å²) in [4.78, 5) is 11.0. The number of halogens is 1. The number of carbonyl (C=O) groups excluding carboxylic acids is 1. The van der Waals surface area contributed by atoms with Gasteiger partial charge in [0.25, 0.3) is 0 Å². The predicted octanol–water partition coefficient (Wildman–Crippen LogP) is 3.37. The van der Waals surface area contributed by atoms with E-state index in [1.165, 1.54) is 18.3 Å². The summed E-state index contributed by atoms with van der Waals surface area (Å²) < 4.78 is 17.7. The van der Waals surface area contributed by atoms with Crippen LogP contribution in [0.5, 0.6) is 5.75 Å². The predicted molar refractivity (Wildman–Crippen MR) is 83.9 cm³/mol. The molecular formula is C17H13FN2O2. The summed E-state index contributed by atoms with van der Waals surface area (Å²) in [6.45, 7) is 3.32. The molecule has 0 fully saturated rings. The highest BCUT2D eigenvalue weighted by atomic mass is 19.1. The molecule has 2 aromatic carbocycles. The SMILES string of the molecule is C=CC(=O)Oc1ccc(/C=N/N=C/c2ccc(F)cc2)cc1. The first kappa shape index (κ1) is 15.3. The van der Waals surface area contributed by atoms with E-state index in [0.717, 1.165) is 17.2 Å². The van der Waals surface area contributed by atoms with Crippen molar-refractivity contribution in [3.8, 4) is 5.75 Å². The second-order valence-electron chi connectivity index (χ2n) is 4.23. The van der Waals surface area contributed by atoms with Gasteiger partial charge >= 0.3 is 5.97 Å². The van der Waals surface area contributed by atoms with Gasteiger partial charge in [0.2, 0.25) is 0 Å². The quantitative estimate of drug-likeness (QED) is 0.279. The van der Waals surface area contributed by atoms with Gasteiger partial charge in [-0.1, -0.05) is 18.7 Å². The zero-order valence-electron chi connectivity index (χ0n) is 11.6. The number of rotatable bonds is 5. The maximum Gasteiger partial charge on any atom is 0.335 e. The van der Waals surface area contributed by atoms with E-state index >= 15 is 0 Å². The Morgan fingerprint density at radius 1 is 0.955 bits per heavy atom. The van der Waals surface area contributed by atoms with Crippen molar-refractivity contribution in [2.24, 2.45) is 10.2 Å². The van der Waals surface area contributed by atoms with E-state index in [1.54, 1.807) is 42.6 Å². The van der Waals surface area contributed by atoms with E-state index in [0.29, 0.717) is 5.75 Å². The molecule has 0 saturated heterocycles. The van der Waals surface area contributed by atoms with Gasteiger partial charge in [-0.2, -0.15) is 10.2 Å². The minimum atomic E-state index is -0.509. The lowest BCUT2D eigenvalue weighted by atomic mass is 10.2. The fourth-order valence-electron chi connectivity index (χ4n) is 1.53. The third-order valence-electron chi connectivity index (χ3n) is 2.62. The number of carbonyl (C=O) groups is 1. The molecule has 0 unspecified atom stereocenters. The number of hydrogen-bond acceptors (Lipinski definition) is 4. The molecule has 110 valence electrons. The first-order chi connectivity index (χ1) is 10.7. The lowest BCUT2D eigenvalue weighted by Gasteiger charge is -2.00. The largest absolute Gasteiger partial charge is 0.423 e. The van der Waals surface area contributed by atoms with Crippen molar-refractivity contribution in [2.45, 2.75) is 0 Å². The molecule has 4 nitrogen and oxygen atoms in total. The number of esters is 1. The lowest BCUT2D eigenvalue weighted by molar-refractivity contribution is -0.128. The van der Waals surface area contributed by atoms with Crippen molar-refractivity contribution in [1.82, 2.24) is 0 Å². The Morgan fingerprint density at radius 2 is 1.45 bits per heavy atom. The highest BCUT2D eigenvalue weighted by molar-refractivity contribution is 5.84. The van der Waals surface area contributed by atoms with Crippen molar-refractivity contribution in [3.63, 3.8) is 0 Å². The van der Waals surface area contributed by atoms with Crippen LogP contribution in [0.3, 0.4) is 0 Å². The van der Waals surface area contributed by atoms with Crippen molar-refractivity contribution < 1.29 is 13.9 Å². The van der Waals surface area contributed by atoms with Crippen LogP contribution in [0.2, 0.25) is 0 Å². The van der Waals surface area contributed by atoms with E-state index in [4.69, 9.17) is 4.74 Å². The molecule has 0 atom stereocenters. The monoisotopic (exact) mass is 296 g/mol. The summed E-state index contributed by atoms with van der Waals surface area (Å²) in [6, 6.07) is 12.7. The maximum absolute atomic E-state index is 12.7. The fourth-order valence-corrected chi connectivity index (χ4v) is 1.53. The lowest BCUT2D eigenvalue weighted by Crippen LogP contribution is -2.02. The van der Waals surface area contributed by atoms with Crippen LogP contribution in [0.25, 0.3) is 0 Å². The van der Waals surface area contributed by atoms with E-state index in [1.807, 2.05) is 0 Å². The molecule has 2 rings (SSSR count). The Hall–Kier alpha value is -3.08. The molecule has 0 aromatic heterocycles. The Kier molecular flexibility index (Phi) is 5.31. The van der Waals surface area contributed by atoms with Crippen molar-refractivity contribution in [2.75, 3.05) is 0 Å². The van der Waals surface area contributed by atoms with Gasteiger partial charge < -0.3 is 4.74 Å². The number of nitrogens with zero attached hydrogens (tertiary/aromatic N) is 2. The molecule has 0 heterocycles. The fraction of sp³-hybridized carbons (Fsp3) is 0. The summed E-state index contributed by atoms with van der Waals surface area (Å²) in [5.74, 6) is -0.375. The summed E-state index contributed by atoms with van der Waals surface area (Å²) in [6.07, 6.45) is 4.18. The van der Waals surface area contributed by atoms with Gasteiger partial charge in [-0.05, 0) is 47.5 Å². The smallest absolute Gasteiger partial charge is 0.335 e. The van der Waals surface area contributed by atoms with Gasteiger partial charge in [-0.15, -0.1) is 0 Å². The molecule has 0 amide bonds. The Balaban J connectivity index is 1.94. The van der Waals surface area contributed by atoms with Crippen LogP contribution >= 0.6 is 0 Å². The highest BCUT2D eigenvalue weighted by Crippen LogP contribution is 2.11. The first-order valence-electron chi connectivity index (χ1n) is 6.43. The number of ether oxygens (including phenoxy) is 1. The first-order valence-corrected chi connectivity index (χ1v) is 6.43. The average Bonchev–Trinajstić information content (AvgIpc) is 2.54. The van der Waals surface area contributed by atoms with Crippen LogP contribution in [0, 0.1) is 5.82 Å². The Labute approximate surface area is 127 Å². The molecule has 0 radical (unpaired) electrons. The van der Waals surface area contributed by atoms with Crippen LogP contribution < -0.4 is 4.74 Å². The third-order valence-corrected chi connectivity index (χ3v) is 2.62. The minimum Gasteiger partial charge on any atom is -0.423 e. The van der Waals surface area contributed by atoms with E-state index in [9.17, 15) is 9.18 Å². The van der Waals surface area contributed by atoms with Gasteiger partial charge in [0.1, 0.15) is 11.6 Å². The average molecular weight is 296 g/mol. The molecule has 0 N–H and O–H groups in total. The maximum atomic E-state index is 12.7. The molecule has 0 saturated carbocycles. The summed E-state index contributed by atoms with van der Waals surface area (Å²) in [5, 5.41) is 7.77. The van der Waals surface area contributed by atoms with Gasteiger partial charge in [0.05, 0.1) is 12.4 Å². The van der Waals surface area contributed by atoms with Gasteiger partial charge in [-0.3, -0.25) is 0 Å². The van der Waals surface area contributed by atoms with Crippen LogP contribution in [0.4, 0.5) is 4.39 Å². The van der Waals surface area contributed by atoms with Crippen LogP contribution in [0.15, 0.2) is 71.4 Å². The number of benzene rings is 2. The highest BCUT2D eigenvalue weighted by Gasteiger charge is 1.98. The summed E-state index contributed by atoms with van der Waals surface area (Å²) in [5.41, 5.74) is 1.56. The van der Waals surface area contributed by atoms with Gasteiger partial charge in [-0.25, -0.2) is 9.18 Å². The minimum absolute atomic E-state index is 0.294. The standard InChI is InChI=1S/C17H13FN2O2/c1-2-17(21)22-16-9-5-14(6-10-16)12-20-19-11-13-3-7-15(18)8-4-13/h2-12H,1H2/b19-11+,20-12+. The zero-order chi connectivity index (χ0) is 15.8. The van der Waals surface area contributed by atoms with Gasteiger partial charge in [0, 0.05) is 6.08 Å². The molecule has 0 aliphatic heterocycles. The Morgan fingerprint density at radius 3 is 1.95 bits per heavy atom. The molecule has 0 bridgehead atoms. The van der Waals surface area contributed by atoms with Crippen molar-refractivity contribution in [3.05, 3.63) is 78.1 Å². The zero-order valence-corrected chi connectivity index (χ0v) is 11.6. The molecular weight excluding hydrogens is 283 g/mol. The molecule has 2 aromatic rings. The summed E-state index contributed by atoms with van der Waals surface area (Å²) in [7, 11) is 0.